The Hall–Kier alpha value is -5.87. The maximum Gasteiger partial charge on any atom is 0.423 e. The SMILES string of the molecule is CC[C@H](C)[C@H](NC(C)OC(=O)N(c1nc2ccc(-c3ccc(NC(=O)[C@H](C)c4ccc(F)cc4)cc3)cn2n1)c1ccc(S(C)(=O)=O)cc1OC)C(=O)O. The van der Waals surface area contributed by atoms with Crippen molar-refractivity contribution in [3.05, 3.63) is 96.4 Å². The third-order valence-electron chi connectivity index (χ3n) is 8.94. The summed E-state index contributed by atoms with van der Waals surface area (Å²) in [6, 6.07) is 19.3. The number of amides is 2. The summed E-state index contributed by atoms with van der Waals surface area (Å²) in [5.41, 5.74) is 3.17. The van der Waals surface area contributed by atoms with Crippen molar-refractivity contribution < 1.29 is 41.8 Å². The molecule has 284 valence electrons. The number of hydrogen-bond acceptors (Lipinski definition) is 10. The number of pyridine rings is 1. The Morgan fingerprint density at radius 2 is 1.63 bits per heavy atom. The molecule has 0 spiro atoms. The van der Waals surface area contributed by atoms with E-state index in [9.17, 15) is 32.3 Å². The fraction of sp³-hybridized carbons (Fsp3) is 0.289. The van der Waals surface area contributed by atoms with E-state index in [1.807, 2.05) is 19.1 Å². The van der Waals surface area contributed by atoms with E-state index in [0.717, 1.165) is 22.3 Å². The van der Waals surface area contributed by atoms with E-state index >= 15 is 0 Å². The summed E-state index contributed by atoms with van der Waals surface area (Å²) < 4.78 is 50.6. The van der Waals surface area contributed by atoms with Gasteiger partial charge >= 0.3 is 12.1 Å². The molecule has 0 radical (unpaired) electrons. The molecule has 16 heteroatoms. The average molecular weight is 761 g/mol. The molecule has 0 aliphatic rings. The third-order valence-corrected chi connectivity index (χ3v) is 10.1. The third kappa shape index (κ3) is 9.01. The van der Waals surface area contributed by atoms with Gasteiger partial charge < -0.3 is 19.9 Å². The number of carboxylic acid groups (broad SMARTS) is 1. The van der Waals surface area contributed by atoms with Crippen molar-refractivity contribution in [3.63, 3.8) is 0 Å². The molecule has 54 heavy (non-hydrogen) atoms. The van der Waals surface area contributed by atoms with Gasteiger partial charge in [-0.3, -0.25) is 14.9 Å². The number of methoxy groups -OCH3 is 1. The van der Waals surface area contributed by atoms with Crippen LogP contribution in [0, 0.1) is 11.7 Å². The largest absolute Gasteiger partial charge is 0.495 e. The fourth-order valence-electron chi connectivity index (χ4n) is 5.60. The molecule has 0 bridgehead atoms. The summed E-state index contributed by atoms with van der Waals surface area (Å²) in [5.74, 6) is -2.64. The first kappa shape index (κ1) is 39.3. The number of aromatic nitrogens is 3. The summed E-state index contributed by atoms with van der Waals surface area (Å²) in [6.45, 7) is 6.84. The van der Waals surface area contributed by atoms with E-state index in [-0.39, 0.29) is 39.9 Å². The second kappa shape index (κ2) is 16.4. The number of hydrogen-bond donors (Lipinski definition) is 3. The molecule has 2 amide bonds. The molecule has 0 aliphatic carbocycles. The number of fused-ring (bicyclic) bond motifs is 1. The predicted molar refractivity (Wildman–Crippen MR) is 200 cm³/mol. The Balaban J connectivity index is 1.44. The van der Waals surface area contributed by atoms with Gasteiger partial charge in [0, 0.05) is 29.8 Å². The smallest absolute Gasteiger partial charge is 0.423 e. The topological polar surface area (TPSA) is 182 Å². The van der Waals surface area contributed by atoms with Crippen molar-refractivity contribution in [2.45, 2.75) is 57.2 Å². The van der Waals surface area contributed by atoms with E-state index in [1.165, 1.54) is 48.9 Å². The van der Waals surface area contributed by atoms with Gasteiger partial charge in [0.15, 0.2) is 21.7 Å². The van der Waals surface area contributed by atoms with Gasteiger partial charge in [-0.1, -0.05) is 44.5 Å². The van der Waals surface area contributed by atoms with Gasteiger partial charge in [0.1, 0.15) is 17.6 Å². The molecule has 2 aromatic heterocycles. The van der Waals surface area contributed by atoms with E-state index in [1.54, 1.807) is 56.4 Å². The van der Waals surface area contributed by atoms with Crippen molar-refractivity contribution in [1.82, 2.24) is 19.9 Å². The maximum atomic E-state index is 13.9. The second-order valence-corrected chi connectivity index (χ2v) is 14.8. The molecule has 14 nitrogen and oxygen atoms in total. The minimum absolute atomic E-state index is 0.0114. The van der Waals surface area contributed by atoms with Gasteiger partial charge in [0.05, 0.1) is 23.6 Å². The molecule has 0 saturated heterocycles. The number of carbonyl (C=O) groups is 3. The van der Waals surface area contributed by atoms with E-state index in [0.29, 0.717) is 23.3 Å². The number of ether oxygens (including phenoxy) is 2. The number of nitrogens with one attached hydrogen (secondary N) is 2. The van der Waals surface area contributed by atoms with Crippen LogP contribution in [0.5, 0.6) is 5.75 Å². The van der Waals surface area contributed by atoms with Crippen LogP contribution in [-0.2, 0) is 24.2 Å². The Labute approximate surface area is 311 Å². The molecule has 0 aliphatic heterocycles. The number of nitrogens with zero attached hydrogens (tertiary/aromatic N) is 4. The highest BCUT2D eigenvalue weighted by molar-refractivity contribution is 7.90. The quantitative estimate of drug-likeness (QED) is 0.107. The lowest BCUT2D eigenvalue weighted by Crippen LogP contribution is -2.48. The van der Waals surface area contributed by atoms with Crippen molar-refractivity contribution in [1.29, 1.82) is 0 Å². The zero-order valence-corrected chi connectivity index (χ0v) is 31.3. The number of benzene rings is 3. The minimum Gasteiger partial charge on any atom is -0.495 e. The van der Waals surface area contributed by atoms with E-state index < -0.39 is 40.1 Å². The van der Waals surface area contributed by atoms with Gasteiger partial charge in [-0.25, -0.2) is 27.0 Å². The zero-order chi connectivity index (χ0) is 39.3. The molecular weight excluding hydrogens is 720 g/mol. The number of rotatable bonds is 14. The van der Waals surface area contributed by atoms with Crippen LogP contribution < -0.4 is 20.3 Å². The minimum atomic E-state index is -3.64. The molecule has 1 unspecified atom stereocenters. The highest BCUT2D eigenvalue weighted by atomic mass is 32.2. The number of anilines is 3. The number of sulfone groups is 1. The Morgan fingerprint density at radius 1 is 0.963 bits per heavy atom. The predicted octanol–water partition coefficient (Wildman–Crippen LogP) is 6.40. The van der Waals surface area contributed by atoms with Crippen LogP contribution in [0.25, 0.3) is 16.8 Å². The van der Waals surface area contributed by atoms with Crippen LogP contribution in [0.3, 0.4) is 0 Å². The van der Waals surface area contributed by atoms with Crippen LogP contribution in [0.1, 0.15) is 45.6 Å². The standard InChI is InChI=1S/C38H41FN6O8S/c1-7-22(2)34(36(47)48)40-24(4)53-38(49)45(31-18-17-30(54(6,50)51)20-32(31)52-5)37-42-33-19-12-27(21-44(33)43-37)26-10-15-29(16-11-26)41-35(46)23(3)25-8-13-28(39)14-9-25/h8-24,34,40H,7H2,1-6H3,(H,41,46)(H,47,48)/t22-,23+,24?,34-/m0/s1. The molecule has 5 aromatic rings. The molecular formula is C38H41FN6O8S. The molecule has 0 saturated carbocycles. The van der Waals surface area contributed by atoms with Crippen molar-refractivity contribution in [3.8, 4) is 16.9 Å². The van der Waals surface area contributed by atoms with Gasteiger partial charge in [-0.05, 0) is 79.4 Å². The van der Waals surface area contributed by atoms with E-state index in [4.69, 9.17) is 9.47 Å². The first-order valence-corrected chi connectivity index (χ1v) is 18.9. The molecule has 5 rings (SSSR count). The van der Waals surface area contributed by atoms with Crippen LogP contribution in [0.2, 0.25) is 0 Å². The maximum absolute atomic E-state index is 13.9. The van der Waals surface area contributed by atoms with Crippen LogP contribution in [0.15, 0.2) is 90.0 Å². The van der Waals surface area contributed by atoms with Crippen molar-refractivity contribution >= 4 is 50.8 Å². The van der Waals surface area contributed by atoms with Crippen LogP contribution in [-0.4, -0.2) is 71.7 Å². The van der Waals surface area contributed by atoms with Gasteiger partial charge in [-0.15, -0.1) is 5.10 Å². The zero-order valence-electron chi connectivity index (χ0n) is 30.5. The summed E-state index contributed by atoms with van der Waals surface area (Å²) >= 11 is 0. The average Bonchev–Trinajstić information content (AvgIpc) is 3.56. The summed E-state index contributed by atoms with van der Waals surface area (Å²) in [6.07, 6.45) is 1.23. The lowest BCUT2D eigenvalue weighted by molar-refractivity contribution is -0.142. The number of halogens is 1. The Morgan fingerprint density at radius 3 is 2.24 bits per heavy atom. The van der Waals surface area contributed by atoms with Gasteiger partial charge in [0.25, 0.3) is 5.95 Å². The summed E-state index contributed by atoms with van der Waals surface area (Å²) in [4.78, 5) is 44.2. The normalized spacial score (nSPS) is 13.8. The van der Waals surface area contributed by atoms with E-state index in [2.05, 4.69) is 20.7 Å². The second-order valence-electron chi connectivity index (χ2n) is 12.8. The van der Waals surface area contributed by atoms with Gasteiger partial charge in [0.2, 0.25) is 5.91 Å². The molecule has 3 N–H and O–H groups in total. The first-order chi connectivity index (χ1) is 25.6. The number of aliphatic carboxylic acids is 1. The van der Waals surface area contributed by atoms with Crippen LogP contribution in [0.4, 0.5) is 26.5 Å². The monoisotopic (exact) mass is 760 g/mol. The molecule has 3 aromatic carbocycles. The fourth-order valence-corrected chi connectivity index (χ4v) is 6.24. The van der Waals surface area contributed by atoms with Crippen LogP contribution >= 0.6 is 0 Å². The van der Waals surface area contributed by atoms with Gasteiger partial charge in [-0.2, -0.15) is 4.98 Å². The lowest BCUT2D eigenvalue weighted by Gasteiger charge is -2.27. The Bertz CT molecular complexity index is 2260. The Kier molecular flexibility index (Phi) is 12.0. The number of carboxylic acids is 1. The summed E-state index contributed by atoms with van der Waals surface area (Å²) in [7, 11) is -2.33. The first-order valence-electron chi connectivity index (χ1n) is 17.0. The van der Waals surface area contributed by atoms with Crippen molar-refractivity contribution in [2.75, 3.05) is 23.6 Å². The highest BCUT2D eigenvalue weighted by Gasteiger charge is 2.31. The highest BCUT2D eigenvalue weighted by Crippen LogP contribution is 2.36. The molecule has 4 atom stereocenters. The van der Waals surface area contributed by atoms with Crippen molar-refractivity contribution in [2.24, 2.45) is 5.92 Å². The molecule has 2 heterocycles. The summed E-state index contributed by atoms with van der Waals surface area (Å²) in [5, 5.41) is 20.0. The molecule has 0 fully saturated rings. The number of carbonyl (C=O) groups excluding carboxylic acids is 2. The lowest BCUT2D eigenvalue weighted by atomic mass is 9.99.